The second-order valence-corrected chi connectivity index (χ2v) is 5.88. The second kappa shape index (κ2) is 5.90. The summed E-state index contributed by atoms with van der Waals surface area (Å²) in [6.45, 7) is 6.90. The van der Waals surface area contributed by atoms with Gasteiger partial charge in [0.15, 0.2) is 3.92 Å². The minimum absolute atomic E-state index is 0.247. The van der Waals surface area contributed by atoms with Crippen molar-refractivity contribution >= 4 is 32.4 Å². The normalized spacial score (nSPS) is 22.2. The highest BCUT2D eigenvalue weighted by molar-refractivity contribution is 9.11. The number of anilines is 1. The molecule has 0 saturated carbocycles. The fourth-order valence-electron chi connectivity index (χ4n) is 1.67. The fourth-order valence-corrected chi connectivity index (χ4v) is 2.69. The zero-order chi connectivity index (χ0) is 11.4. The first-order valence-electron chi connectivity index (χ1n) is 5.34. The Kier molecular flexibility index (Phi) is 4.51. The molecule has 7 heteroatoms. The SMILES string of the molecule is CCN1CCOC(CNc2nnc(Br)s2)C1. The van der Waals surface area contributed by atoms with Gasteiger partial charge in [0.05, 0.1) is 12.7 Å². The van der Waals surface area contributed by atoms with Crippen molar-refractivity contribution in [2.45, 2.75) is 13.0 Å². The number of ether oxygens (including phenoxy) is 1. The Labute approximate surface area is 107 Å². The van der Waals surface area contributed by atoms with Crippen molar-refractivity contribution in [1.82, 2.24) is 15.1 Å². The van der Waals surface area contributed by atoms with Gasteiger partial charge < -0.3 is 10.1 Å². The number of nitrogens with one attached hydrogen (secondary N) is 1. The van der Waals surface area contributed by atoms with Crippen LogP contribution in [0.5, 0.6) is 0 Å². The van der Waals surface area contributed by atoms with Crippen LogP contribution in [0, 0.1) is 0 Å². The molecular formula is C9H15BrN4OS. The summed E-state index contributed by atoms with van der Waals surface area (Å²) in [5.41, 5.74) is 0. The van der Waals surface area contributed by atoms with Crippen molar-refractivity contribution in [3.63, 3.8) is 0 Å². The summed E-state index contributed by atoms with van der Waals surface area (Å²) in [5, 5.41) is 11.9. The van der Waals surface area contributed by atoms with E-state index >= 15 is 0 Å². The predicted octanol–water partition coefficient (Wildman–Crippen LogP) is 1.43. The molecule has 0 radical (unpaired) electrons. The molecule has 0 aliphatic carbocycles. The molecule has 90 valence electrons. The fraction of sp³-hybridized carbons (Fsp3) is 0.778. The second-order valence-electron chi connectivity index (χ2n) is 3.63. The summed E-state index contributed by atoms with van der Waals surface area (Å²) >= 11 is 4.78. The first-order valence-corrected chi connectivity index (χ1v) is 6.95. The number of hydrogen-bond donors (Lipinski definition) is 1. The molecule has 2 rings (SSSR count). The maximum Gasteiger partial charge on any atom is 0.206 e. The van der Waals surface area contributed by atoms with E-state index in [4.69, 9.17) is 4.74 Å². The Morgan fingerprint density at radius 2 is 2.50 bits per heavy atom. The number of rotatable bonds is 4. The van der Waals surface area contributed by atoms with E-state index in [2.05, 4.69) is 43.3 Å². The number of morpholine rings is 1. The monoisotopic (exact) mass is 306 g/mol. The Balaban J connectivity index is 1.77. The van der Waals surface area contributed by atoms with Gasteiger partial charge in [-0.15, -0.1) is 10.2 Å². The van der Waals surface area contributed by atoms with Gasteiger partial charge in [0, 0.05) is 19.6 Å². The maximum atomic E-state index is 5.68. The maximum absolute atomic E-state index is 5.68. The average molecular weight is 307 g/mol. The Bertz CT molecular complexity index is 335. The van der Waals surface area contributed by atoms with Crippen LogP contribution < -0.4 is 5.32 Å². The smallest absolute Gasteiger partial charge is 0.206 e. The molecule has 1 aliphatic heterocycles. The molecule has 1 aliphatic rings. The minimum atomic E-state index is 0.247. The summed E-state index contributed by atoms with van der Waals surface area (Å²) in [7, 11) is 0. The van der Waals surface area contributed by atoms with Crippen LogP contribution in [0.25, 0.3) is 0 Å². The lowest BCUT2D eigenvalue weighted by molar-refractivity contribution is -0.0191. The van der Waals surface area contributed by atoms with Gasteiger partial charge in [-0.2, -0.15) is 0 Å². The largest absolute Gasteiger partial charge is 0.374 e. The van der Waals surface area contributed by atoms with Crippen molar-refractivity contribution in [3.05, 3.63) is 3.92 Å². The highest BCUT2D eigenvalue weighted by Crippen LogP contribution is 2.20. The molecule has 0 spiro atoms. The van der Waals surface area contributed by atoms with Crippen LogP contribution >= 0.6 is 27.3 Å². The molecular weight excluding hydrogens is 292 g/mol. The van der Waals surface area contributed by atoms with Gasteiger partial charge in [-0.1, -0.05) is 18.3 Å². The van der Waals surface area contributed by atoms with Crippen LogP contribution in [0.4, 0.5) is 5.13 Å². The van der Waals surface area contributed by atoms with E-state index in [1.165, 1.54) is 11.3 Å². The molecule has 1 unspecified atom stereocenters. The van der Waals surface area contributed by atoms with Crippen molar-refractivity contribution in [2.75, 3.05) is 38.1 Å². The summed E-state index contributed by atoms with van der Waals surface area (Å²) in [6, 6.07) is 0. The molecule has 1 aromatic rings. The Morgan fingerprint density at radius 1 is 1.62 bits per heavy atom. The zero-order valence-electron chi connectivity index (χ0n) is 9.15. The molecule has 0 bridgehead atoms. The molecule has 1 saturated heterocycles. The lowest BCUT2D eigenvalue weighted by Crippen LogP contribution is -2.45. The molecule has 1 atom stereocenters. The van der Waals surface area contributed by atoms with Crippen molar-refractivity contribution in [1.29, 1.82) is 0 Å². The molecule has 0 aromatic carbocycles. The molecule has 1 fully saturated rings. The average Bonchev–Trinajstić information content (AvgIpc) is 2.73. The van der Waals surface area contributed by atoms with Gasteiger partial charge in [0.1, 0.15) is 0 Å². The van der Waals surface area contributed by atoms with E-state index < -0.39 is 0 Å². The number of nitrogens with zero attached hydrogens (tertiary/aromatic N) is 3. The minimum Gasteiger partial charge on any atom is -0.374 e. The zero-order valence-corrected chi connectivity index (χ0v) is 11.6. The third-order valence-corrected chi connectivity index (χ3v) is 3.87. The van der Waals surface area contributed by atoms with E-state index in [1.54, 1.807) is 0 Å². The van der Waals surface area contributed by atoms with Crippen molar-refractivity contribution < 1.29 is 4.74 Å². The molecule has 1 aromatic heterocycles. The Hall–Kier alpha value is -0.240. The molecule has 1 N–H and O–H groups in total. The lowest BCUT2D eigenvalue weighted by Gasteiger charge is -2.31. The lowest BCUT2D eigenvalue weighted by atomic mass is 10.2. The summed E-state index contributed by atoms with van der Waals surface area (Å²) in [4.78, 5) is 2.39. The Morgan fingerprint density at radius 3 is 3.19 bits per heavy atom. The molecule has 5 nitrogen and oxygen atoms in total. The van der Waals surface area contributed by atoms with Gasteiger partial charge in [-0.25, -0.2) is 0 Å². The predicted molar refractivity (Wildman–Crippen MR) is 68.0 cm³/mol. The third-order valence-electron chi connectivity index (χ3n) is 2.55. The highest BCUT2D eigenvalue weighted by atomic mass is 79.9. The summed E-state index contributed by atoms with van der Waals surface area (Å²) in [6.07, 6.45) is 0.247. The van der Waals surface area contributed by atoms with Crippen LogP contribution in [0.2, 0.25) is 0 Å². The quantitative estimate of drug-likeness (QED) is 0.912. The van der Waals surface area contributed by atoms with Crippen LogP contribution in [0.15, 0.2) is 3.92 Å². The van der Waals surface area contributed by atoms with Crippen molar-refractivity contribution in [2.24, 2.45) is 0 Å². The van der Waals surface area contributed by atoms with E-state index in [0.717, 1.165) is 41.8 Å². The van der Waals surface area contributed by atoms with Crippen LogP contribution in [-0.4, -0.2) is 54.0 Å². The third kappa shape index (κ3) is 3.38. The standard InChI is InChI=1S/C9H15BrN4OS/c1-2-14-3-4-15-7(6-14)5-11-9-13-12-8(10)16-9/h7H,2-6H2,1H3,(H,11,13). The van der Waals surface area contributed by atoms with Crippen LogP contribution in [0.1, 0.15) is 6.92 Å². The van der Waals surface area contributed by atoms with Crippen LogP contribution in [0.3, 0.4) is 0 Å². The number of hydrogen-bond acceptors (Lipinski definition) is 6. The molecule has 2 heterocycles. The summed E-state index contributed by atoms with van der Waals surface area (Å²) < 4.78 is 6.48. The van der Waals surface area contributed by atoms with Crippen molar-refractivity contribution in [3.8, 4) is 0 Å². The van der Waals surface area contributed by atoms with E-state index in [-0.39, 0.29) is 6.10 Å². The number of aromatic nitrogens is 2. The molecule has 16 heavy (non-hydrogen) atoms. The van der Waals surface area contributed by atoms with Gasteiger partial charge in [-0.05, 0) is 22.5 Å². The van der Waals surface area contributed by atoms with Gasteiger partial charge in [0.2, 0.25) is 5.13 Å². The van der Waals surface area contributed by atoms with E-state index in [9.17, 15) is 0 Å². The van der Waals surface area contributed by atoms with E-state index in [1.807, 2.05) is 0 Å². The first kappa shape index (κ1) is 12.2. The first-order chi connectivity index (χ1) is 7.78. The van der Waals surface area contributed by atoms with Crippen LogP contribution in [-0.2, 0) is 4.74 Å². The van der Waals surface area contributed by atoms with Gasteiger partial charge in [0.25, 0.3) is 0 Å². The molecule has 0 amide bonds. The number of likely N-dealkylation sites (N-methyl/N-ethyl adjacent to an activating group) is 1. The van der Waals surface area contributed by atoms with E-state index in [0.29, 0.717) is 0 Å². The van der Waals surface area contributed by atoms with Gasteiger partial charge in [-0.3, -0.25) is 4.90 Å². The topological polar surface area (TPSA) is 50.3 Å². The summed E-state index contributed by atoms with van der Waals surface area (Å²) in [5.74, 6) is 0. The highest BCUT2D eigenvalue weighted by Gasteiger charge is 2.19. The number of halogens is 1. The van der Waals surface area contributed by atoms with Gasteiger partial charge >= 0.3 is 0 Å².